The topological polar surface area (TPSA) is 91.8 Å². The van der Waals surface area contributed by atoms with Crippen molar-refractivity contribution < 1.29 is 13.2 Å². The van der Waals surface area contributed by atoms with Gasteiger partial charge in [-0.15, -0.1) is 0 Å². The van der Waals surface area contributed by atoms with Crippen molar-refractivity contribution in [3.63, 3.8) is 0 Å². The Kier molecular flexibility index (Phi) is 8.72. The van der Waals surface area contributed by atoms with Gasteiger partial charge in [-0.25, -0.2) is 13.1 Å². The highest BCUT2D eigenvalue weighted by molar-refractivity contribution is 7.89. The van der Waals surface area contributed by atoms with Crippen LogP contribution in [0.3, 0.4) is 0 Å². The SMILES string of the molecule is CCOC(CCNC(=NC)NCc1ccc(S(=O)(=O)NC2CC2)cc1)C(C)C. The molecule has 158 valence electrons. The molecule has 1 unspecified atom stereocenters. The summed E-state index contributed by atoms with van der Waals surface area (Å²) >= 11 is 0. The number of guanidine groups is 1. The molecular formula is C20H34N4O3S. The second kappa shape index (κ2) is 10.8. The average molecular weight is 411 g/mol. The van der Waals surface area contributed by atoms with Gasteiger partial charge >= 0.3 is 0 Å². The number of sulfonamides is 1. The Bertz CT molecular complexity index is 728. The van der Waals surface area contributed by atoms with E-state index in [2.05, 4.69) is 34.2 Å². The minimum absolute atomic E-state index is 0.110. The standard InChI is InChI=1S/C20H34N4O3S/c1-5-27-19(15(2)3)12-13-22-20(21-4)23-14-16-6-10-18(11-7-16)28(25,26)24-17-8-9-17/h6-7,10-11,15,17,19,24H,5,8-9,12-14H2,1-4H3,(H2,21,22,23). The number of nitrogens with zero attached hydrogens (tertiary/aromatic N) is 1. The Hall–Kier alpha value is -1.64. The number of rotatable bonds is 11. The van der Waals surface area contributed by atoms with E-state index >= 15 is 0 Å². The molecule has 1 saturated carbocycles. The van der Waals surface area contributed by atoms with Crippen LogP contribution in [0.5, 0.6) is 0 Å². The van der Waals surface area contributed by atoms with Gasteiger partial charge < -0.3 is 15.4 Å². The predicted molar refractivity (Wildman–Crippen MR) is 113 cm³/mol. The molecule has 0 bridgehead atoms. The van der Waals surface area contributed by atoms with E-state index < -0.39 is 10.0 Å². The molecule has 0 radical (unpaired) electrons. The van der Waals surface area contributed by atoms with Gasteiger partial charge in [0.1, 0.15) is 0 Å². The van der Waals surface area contributed by atoms with Crippen LogP contribution < -0.4 is 15.4 Å². The maximum absolute atomic E-state index is 12.2. The molecule has 1 aromatic carbocycles. The summed E-state index contributed by atoms with van der Waals surface area (Å²) in [6, 6.07) is 7.05. The Morgan fingerprint density at radius 2 is 1.89 bits per heavy atom. The first-order valence-electron chi connectivity index (χ1n) is 10.0. The molecule has 1 fully saturated rings. The van der Waals surface area contributed by atoms with Gasteiger partial charge in [0.05, 0.1) is 11.0 Å². The molecule has 1 atom stereocenters. The second-order valence-electron chi connectivity index (χ2n) is 7.42. The van der Waals surface area contributed by atoms with Crippen molar-refractivity contribution in [1.82, 2.24) is 15.4 Å². The van der Waals surface area contributed by atoms with E-state index in [1.165, 1.54) is 0 Å². The zero-order valence-corrected chi connectivity index (χ0v) is 18.2. The fourth-order valence-corrected chi connectivity index (χ4v) is 4.14. The van der Waals surface area contributed by atoms with Crippen LogP contribution >= 0.6 is 0 Å². The van der Waals surface area contributed by atoms with Gasteiger partial charge in [-0.3, -0.25) is 4.99 Å². The monoisotopic (exact) mass is 410 g/mol. The normalized spacial score (nSPS) is 16.2. The molecule has 0 spiro atoms. The fraction of sp³-hybridized carbons (Fsp3) is 0.650. The van der Waals surface area contributed by atoms with Crippen LogP contribution in [-0.2, 0) is 21.3 Å². The van der Waals surface area contributed by atoms with Gasteiger partial charge in [-0.2, -0.15) is 0 Å². The first-order chi connectivity index (χ1) is 13.4. The Balaban J connectivity index is 1.79. The molecule has 7 nitrogen and oxygen atoms in total. The van der Waals surface area contributed by atoms with Crippen molar-refractivity contribution in [2.75, 3.05) is 20.2 Å². The molecule has 1 aliphatic carbocycles. The van der Waals surface area contributed by atoms with Gasteiger partial charge in [0, 0.05) is 32.8 Å². The van der Waals surface area contributed by atoms with E-state index in [4.69, 9.17) is 4.74 Å². The third-order valence-electron chi connectivity index (χ3n) is 4.66. The quantitative estimate of drug-likeness (QED) is 0.384. The van der Waals surface area contributed by atoms with E-state index in [1.807, 2.05) is 19.1 Å². The third kappa shape index (κ3) is 7.41. The highest BCUT2D eigenvalue weighted by atomic mass is 32.2. The lowest BCUT2D eigenvalue weighted by Crippen LogP contribution is -2.38. The molecule has 0 amide bonds. The van der Waals surface area contributed by atoms with Gasteiger partial charge in [-0.1, -0.05) is 26.0 Å². The molecule has 2 rings (SSSR count). The summed E-state index contributed by atoms with van der Waals surface area (Å²) in [5.74, 6) is 1.19. The van der Waals surface area contributed by atoms with E-state index in [0.717, 1.165) is 38.0 Å². The first kappa shape index (κ1) is 22.6. The summed E-state index contributed by atoms with van der Waals surface area (Å²) in [4.78, 5) is 4.54. The van der Waals surface area contributed by atoms with Gasteiger partial charge in [0.2, 0.25) is 10.0 Å². The molecule has 0 saturated heterocycles. The van der Waals surface area contributed by atoms with E-state index in [9.17, 15) is 8.42 Å². The van der Waals surface area contributed by atoms with Gasteiger partial charge in [0.15, 0.2) is 5.96 Å². The summed E-state index contributed by atoms with van der Waals surface area (Å²) in [5, 5.41) is 6.55. The van der Waals surface area contributed by atoms with Crippen LogP contribution in [0.1, 0.15) is 45.6 Å². The lowest BCUT2D eigenvalue weighted by Gasteiger charge is -2.21. The summed E-state index contributed by atoms with van der Waals surface area (Å²) in [5.41, 5.74) is 0.989. The lowest BCUT2D eigenvalue weighted by atomic mass is 10.0. The van der Waals surface area contributed by atoms with Crippen LogP contribution in [0.15, 0.2) is 34.2 Å². The third-order valence-corrected chi connectivity index (χ3v) is 6.20. The zero-order chi connectivity index (χ0) is 20.6. The first-order valence-corrected chi connectivity index (χ1v) is 11.5. The maximum atomic E-state index is 12.2. The largest absolute Gasteiger partial charge is 0.378 e. The van der Waals surface area contributed by atoms with Crippen molar-refractivity contribution in [2.45, 2.75) is 63.6 Å². The summed E-state index contributed by atoms with van der Waals surface area (Å²) in [6.07, 6.45) is 2.99. The smallest absolute Gasteiger partial charge is 0.240 e. The molecule has 0 aromatic heterocycles. The van der Waals surface area contributed by atoms with Gasteiger partial charge in [-0.05, 0) is 49.8 Å². The van der Waals surface area contributed by atoms with Crippen molar-refractivity contribution in [2.24, 2.45) is 10.9 Å². The highest BCUT2D eigenvalue weighted by Crippen LogP contribution is 2.22. The Morgan fingerprint density at radius 3 is 2.43 bits per heavy atom. The Morgan fingerprint density at radius 1 is 1.21 bits per heavy atom. The number of benzene rings is 1. The fourth-order valence-electron chi connectivity index (χ4n) is 2.84. The van der Waals surface area contributed by atoms with Crippen molar-refractivity contribution in [3.8, 4) is 0 Å². The molecule has 1 aliphatic rings. The van der Waals surface area contributed by atoms with Crippen LogP contribution in [0.4, 0.5) is 0 Å². The predicted octanol–water partition coefficient (Wildman–Crippen LogP) is 2.24. The molecule has 3 N–H and O–H groups in total. The number of aliphatic imine (C=N–C) groups is 1. The number of hydrogen-bond donors (Lipinski definition) is 3. The molecule has 1 aromatic rings. The van der Waals surface area contributed by atoms with E-state index in [0.29, 0.717) is 23.3 Å². The molecule has 8 heteroatoms. The molecule has 0 heterocycles. The summed E-state index contributed by atoms with van der Waals surface area (Å²) in [7, 11) is -1.67. The van der Waals surface area contributed by atoms with Crippen LogP contribution in [0.25, 0.3) is 0 Å². The molecule has 28 heavy (non-hydrogen) atoms. The highest BCUT2D eigenvalue weighted by Gasteiger charge is 2.27. The van der Waals surface area contributed by atoms with Crippen LogP contribution in [-0.4, -0.2) is 46.7 Å². The number of hydrogen-bond acceptors (Lipinski definition) is 4. The second-order valence-corrected chi connectivity index (χ2v) is 9.13. The zero-order valence-electron chi connectivity index (χ0n) is 17.4. The minimum atomic E-state index is -3.40. The van der Waals surface area contributed by atoms with Crippen LogP contribution in [0, 0.1) is 5.92 Å². The Labute approximate surface area is 169 Å². The maximum Gasteiger partial charge on any atom is 0.240 e. The molecule has 0 aliphatic heterocycles. The van der Waals surface area contributed by atoms with E-state index in [-0.39, 0.29) is 12.1 Å². The lowest BCUT2D eigenvalue weighted by molar-refractivity contribution is 0.0258. The minimum Gasteiger partial charge on any atom is -0.378 e. The summed E-state index contributed by atoms with van der Waals surface area (Å²) in [6.45, 7) is 8.40. The van der Waals surface area contributed by atoms with E-state index in [1.54, 1.807) is 19.2 Å². The van der Waals surface area contributed by atoms with Crippen molar-refractivity contribution >= 4 is 16.0 Å². The summed E-state index contributed by atoms with van der Waals surface area (Å²) < 4.78 is 32.9. The van der Waals surface area contributed by atoms with Crippen molar-refractivity contribution in [3.05, 3.63) is 29.8 Å². The van der Waals surface area contributed by atoms with Crippen molar-refractivity contribution in [1.29, 1.82) is 0 Å². The number of nitrogens with one attached hydrogen (secondary N) is 3. The average Bonchev–Trinajstić information content (AvgIpc) is 3.47. The number of ether oxygens (including phenoxy) is 1. The molecular weight excluding hydrogens is 376 g/mol. The van der Waals surface area contributed by atoms with Crippen LogP contribution in [0.2, 0.25) is 0 Å². The van der Waals surface area contributed by atoms with Gasteiger partial charge in [0.25, 0.3) is 0 Å².